The van der Waals surface area contributed by atoms with Crippen molar-refractivity contribution in [3.8, 4) is 17.2 Å². The zero-order chi connectivity index (χ0) is 25.6. The molecule has 7 heteroatoms. The molecule has 3 atom stereocenters. The van der Waals surface area contributed by atoms with Crippen LogP contribution in [0.5, 0.6) is 0 Å². The SMILES string of the molecule is N#Cc1ccc(N2CCC[C@H](C[C@@H]3CCCC[C@H]3Nc3cc(-c4cccc(C(N)=O)c4)ccn3)C2)nc1. The number of amides is 1. The molecule has 2 aliphatic rings. The van der Waals surface area contributed by atoms with Crippen molar-refractivity contribution in [1.29, 1.82) is 5.26 Å². The molecule has 3 heterocycles. The van der Waals surface area contributed by atoms with Crippen molar-refractivity contribution in [2.75, 3.05) is 23.3 Å². The molecule has 2 fully saturated rings. The zero-order valence-corrected chi connectivity index (χ0v) is 21.1. The van der Waals surface area contributed by atoms with Crippen LogP contribution >= 0.6 is 0 Å². The third-order valence-electron chi connectivity index (χ3n) is 7.84. The van der Waals surface area contributed by atoms with Crippen LogP contribution in [0.25, 0.3) is 11.1 Å². The van der Waals surface area contributed by atoms with Gasteiger partial charge >= 0.3 is 0 Å². The van der Waals surface area contributed by atoms with Gasteiger partial charge in [0.05, 0.1) is 5.56 Å². The number of carbonyl (C=O) groups is 1. The first kappa shape index (κ1) is 24.8. The molecule has 0 radical (unpaired) electrons. The lowest BCUT2D eigenvalue weighted by atomic mass is 9.77. The molecule has 0 spiro atoms. The molecule has 0 bridgehead atoms. The third-order valence-corrected chi connectivity index (χ3v) is 7.84. The molecule has 1 aromatic carbocycles. The minimum Gasteiger partial charge on any atom is -0.367 e. The van der Waals surface area contributed by atoms with E-state index < -0.39 is 5.91 Å². The van der Waals surface area contributed by atoms with Crippen molar-refractivity contribution >= 4 is 17.5 Å². The second-order valence-corrected chi connectivity index (χ2v) is 10.4. The Morgan fingerprint density at radius 1 is 1.05 bits per heavy atom. The van der Waals surface area contributed by atoms with E-state index in [4.69, 9.17) is 11.0 Å². The summed E-state index contributed by atoms with van der Waals surface area (Å²) in [6.07, 6.45) is 12.0. The van der Waals surface area contributed by atoms with Gasteiger partial charge in [-0.3, -0.25) is 4.79 Å². The number of anilines is 2. The number of nitrogens with zero attached hydrogens (tertiary/aromatic N) is 4. The van der Waals surface area contributed by atoms with E-state index in [9.17, 15) is 4.79 Å². The molecule has 2 aromatic heterocycles. The Hall–Kier alpha value is -3.92. The highest BCUT2D eigenvalue weighted by molar-refractivity contribution is 5.94. The first-order valence-electron chi connectivity index (χ1n) is 13.3. The molecule has 1 aliphatic carbocycles. The van der Waals surface area contributed by atoms with E-state index in [-0.39, 0.29) is 0 Å². The molecule has 5 rings (SSSR count). The van der Waals surface area contributed by atoms with Gasteiger partial charge in [-0.15, -0.1) is 0 Å². The van der Waals surface area contributed by atoms with Gasteiger partial charge in [0, 0.05) is 37.1 Å². The number of rotatable bonds is 7. The Morgan fingerprint density at radius 2 is 1.92 bits per heavy atom. The van der Waals surface area contributed by atoms with Crippen LogP contribution in [0.4, 0.5) is 11.6 Å². The Bertz CT molecular complexity index is 1270. The average molecular weight is 495 g/mol. The second kappa shape index (κ2) is 11.4. The van der Waals surface area contributed by atoms with Crippen molar-refractivity contribution in [1.82, 2.24) is 9.97 Å². The highest BCUT2D eigenvalue weighted by Gasteiger charge is 2.30. The number of primary amides is 1. The fraction of sp³-hybridized carbons (Fsp3) is 0.400. The predicted octanol–water partition coefficient (Wildman–Crippen LogP) is 5.39. The molecule has 3 N–H and O–H groups in total. The summed E-state index contributed by atoms with van der Waals surface area (Å²) in [6.45, 7) is 2.04. The smallest absolute Gasteiger partial charge is 0.248 e. The maximum absolute atomic E-state index is 11.6. The maximum atomic E-state index is 11.6. The molecule has 7 nitrogen and oxygen atoms in total. The number of piperidine rings is 1. The lowest BCUT2D eigenvalue weighted by Gasteiger charge is -2.39. The van der Waals surface area contributed by atoms with Gasteiger partial charge in [-0.2, -0.15) is 5.26 Å². The minimum absolute atomic E-state index is 0.400. The largest absolute Gasteiger partial charge is 0.367 e. The van der Waals surface area contributed by atoms with E-state index >= 15 is 0 Å². The topological polar surface area (TPSA) is 108 Å². The lowest BCUT2D eigenvalue weighted by Crippen LogP contribution is -2.39. The standard InChI is InChI=1S/C30H34N6O/c31-18-22-10-11-29(34-19-22)36-14-4-5-21(20-36)15-25-6-1-2-9-27(25)35-28-17-24(12-13-33-28)23-7-3-8-26(16-23)30(32)37/h3,7-8,10-13,16-17,19,21,25,27H,1-2,4-6,9,14-15,20H2,(H2,32,37)(H,33,35)/t21-,25+,27-/m1/s1. The number of nitrogens with one attached hydrogen (secondary N) is 1. The van der Waals surface area contributed by atoms with Crippen molar-refractivity contribution < 1.29 is 4.79 Å². The number of pyridine rings is 2. The number of benzene rings is 1. The van der Waals surface area contributed by atoms with Gasteiger partial charge in [0.25, 0.3) is 0 Å². The van der Waals surface area contributed by atoms with E-state index in [1.807, 2.05) is 42.6 Å². The van der Waals surface area contributed by atoms with E-state index in [2.05, 4.69) is 32.3 Å². The molecular weight excluding hydrogens is 460 g/mol. The monoisotopic (exact) mass is 494 g/mol. The van der Waals surface area contributed by atoms with E-state index in [0.29, 0.717) is 29.0 Å². The van der Waals surface area contributed by atoms with Gasteiger partial charge in [0.2, 0.25) is 5.91 Å². The van der Waals surface area contributed by atoms with Crippen molar-refractivity contribution in [2.45, 2.75) is 51.0 Å². The Morgan fingerprint density at radius 3 is 2.73 bits per heavy atom. The summed E-state index contributed by atoms with van der Waals surface area (Å²) >= 11 is 0. The highest BCUT2D eigenvalue weighted by atomic mass is 16.1. The lowest BCUT2D eigenvalue weighted by molar-refractivity contribution is 0.100. The molecule has 1 aliphatic heterocycles. The number of hydrogen-bond acceptors (Lipinski definition) is 6. The van der Waals surface area contributed by atoms with Crippen LogP contribution in [0.15, 0.2) is 60.9 Å². The molecule has 1 amide bonds. The Balaban J connectivity index is 1.25. The Labute approximate surface area is 218 Å². The van der Waals surface area contributed by atoms with Crippen LogP contribution in [0.2, 0.25) is 0 Å². The molecular formula is C30H34N6O. The van der Waals surface area contributed by atoms with Crippen molar-refractivity contribution in [3.63, 3.8) is 0 Å². The predicted molar refractivity (Wildman–Crippen MR) is 146 cm³/mol. The number of aromatic nitrogens is 2. The van der Waals surface area contributed by atoms with Crippen molar-refractivity contribution in [2.24, 2.45) is 17.6 Å². The summed E-state index contributed by atoms with van der Waals surface area (Å²) in [5.41, 5.74) is 8.57. The highest BCUT2D eigenvalue weighted by Crippen LogP contribution is 2.35. The van der Waals surface area contributed by atoms with Crippen molar-refractivity contribution in [3.05, 3.63) is 72.1 Å². The summed E-state index contributed by atoms with van der Waals surface area (Å²) in [4.78, 5) is 23.2. The minimum atomic E-state index is -0.421. The van der Waals surface area contributed by atoms with Crippen LogP contribution in [0, 0.1) is 23.2 Å². The Kier molecular flexibility index (Phi) is 7.65. The summed E-state index contributed by atoms with van der Waals surface area (Å²) in [6, 6.07) is 17.9. The number of carbonyl (C=O) groups excluding carboxylic acids is 1. The quantitative estimate of drug-likeness (QED) is 0.456. The number of nitriles is 1. The molecule has 37 heavy (non-hydrogen) atoms. The number of hydrogen-bond donors (Lipinski definition) is 2. The second-order valence-electron chi connectivity index (χ2n) is 10.4. The summed E-state index contributed by atoms with van der Waals surface area (Å²) in [5.74, 6) is 2.68. The first-order valence-corrected chi connectivity index (χ1v) is 13.3. The van der Waals surface area contributed by atoms with Crippen LogP contribution in [-0.4, -0.2) is 35.0 Å². The third kappa shape index (κ3) is 6.08. The molecule has 1 saturated heterocycles. The number of nitrogens with two attached hydrogens (primary N) is 1. The molecule has 190 valence electrons. The van der Waals surface area contributed by atoms with Crippen LogP contribution in [-0.2, 0) is 0 Å². The molecule has 0 unspecified atom stereocenters. The van der Waals surface area contributed by atoms with Gasteiger partial charge in [-0.25, -0.2) is 9.97 Å². The van der Waals surface area contributed by atoms with Crippen LogP contribution in [0.1, 0.15) is 60.9 Å². The molecule has 1 saturated carbocycles. The van der Waals surface area contributed by atoms with Gasteiger partial charge in [-0.1, -0.05) is 25.0 Å². The summed E-state index contributed by atoms with van der Waals surface area (Å²) in [5, 5.41) is 12.8. The summed E-state index contributed by atoms with van der Waals surface area (Å²) in [7, 11) is 0. The van der Waals surface area contributed by atoms with Gasteiger partial charge < -0.3 is 16.0 Å². The van der Waals surface area contributed by atoms with Gasteiger partial charge in [-0.05, 0) is 91.5 Å². The van der Waals surface area contributed by atoms with Crippen LogP contribution in [0.3, 0.4) is 0 Å². The average Bonchev–Trinajstić information content (AvgIpc) is 2.94. The fourth-order valence-corrected chi connectivity index (χ4v) is 5.94. The molecule has 3 aromatic rings. The van der Waals surface area contributed by atoms with Gasteiger partial charge in [0.15, 0.2) is 0 Å². The maximum Gasteiger partial charge on any atom is 0.248 e. The van der Waals surface area contributed by atoms with Gasteiger partial charge in [0.1, 0.15) is 17.7 Å². The van der Waals surface area contributed by atoms with E-state index in [0.717, 1.165) is 42.3 Å². The normalized spacial score (nSPS) is 21.7. The van der Waals surface area contributed by atoms with Crippen LogP contribution < -0.4 is 16.0 Å². The van der Waals surface area contributed by atoms with E-state index in [1.54, 1.807) is 12.3 Å². The summed E-state index contributed by atoms with van der Waals surface area (Å²) < 4.78 is 0. The fourth-order valence-electron chi connectivity index (χ4n) is 5.94. The zero-order valence-electron chi connectivity index (χ0n) is 21.1. The van der Waals surface area contributed by atoms with E-state index in [1.165, 1.54) is 38.5 Å². The first-order chi connectivity index (χ1) is 18.1.